The molecule has 0 aromatic heterocycles. The van der Waals surface area contributed by atoms with Crippen molar-refractivity contribution in [3.8, 4) is 0 Å². The Balaban J connectivity index is 2.42. The van der Waals surface area contributed by atoms with Crippen LogP contribution in [0.3, 0.4) is 0 Å². The van der Waals surface area contributed by atoms with E-state index in [1.807, 2.05) is 30.3 Å². The molecule has 2 heteroatoms. The van der Waals surface area contributed by atoms with Gasteiger partial charge in [-0.3, -0.25) is 0 Å². The van der Waals surface area contributed by atoms with Crippen LogP contribution in [0.15, 0.2) is 36.4 Å². The van der Waals surface area contributed by atoms with Gasteiger partial charge in [0.05, 0.1) is 12.2 Å². The summed E-state index contributed by atoms with van der Waals surface area (Å²) < 4.78 is 4.91. The largest absolute Gasteiger partial charge is 0.462 e. The minimum absolute atomic E-state index is 0.316. The van der Waals surface area contributed by atoms with E-state index in [9.17, 15) is 4.79 Å². The molecule has 15 heavy (non-hydrogen) atoms. The molecule has 0 heterocycles. The third-order valence-electron chi connectivity index (χ3n) is 2.16. The predicted molar refractivity (Wildman–Crippen MR) is 58.7 cm³/mol. The summed E-state index contributed by atoms with van der Waals surface area (Å²) in [5.74, 6) is -0.316. The van der Waals surface area contributed by atoms with Gasteiger partial charge in [0.25, 0.3) is 0 Å². The van der Waals surface area contributed by atoms with Gasteiger partial charge in [-0.1, -0.05) is 30.3 Å². The summed E-state index contributed by atoms with van der Waals surface area (Å²) in [4.78, 5) is 11.4. The summed E-state index contributed by atoms with van der Waals surface area (Å²) in [5.41, 5.74) is 0.482. The van der Waals surface area contributed by atoms with Crippen molar-refractivity contribution in [3.63, 3.8) is 0 Å². The molecule has 2 rings (SSSR count). The third-order valence-corrected chi connectivity index (χ3v) is 2.16. The van der Waals surface area contributed by atoms with Crippen LogP contribution in [0, 0.1) is 6.07 Å². The first-order valence-electron chi connectivity index (χ1n) is 4.89. The summed E-state index contributed by atoms with van der Waals surface area (Å²) in [6.45, 7) is 2.18. The van der Waals surface area contributed by atoms with Crippen LogP contribution < -0.4 is 0 Å². The zero-order valence-corrected chi connectivity index (χ0v) is 8.49. The maximum absolute atomic E-state index is 11.4. The van der Waals surface area contributed by atoms with Crippen molar-refractivity contribution in [2.75, 3.05) is 6.61 Å². The van der Waals surface area contributed by atoms with Crippen molar-refractivity contribution in [3.05, 3.63) is 48.0 Å². The summed E-state index contributed by atoms with van der Waals surface area (Å²) in [5, 5.41) is 2.01. The summed E-state index contributed by atoms with van der Waals surface area (Å²) in [6, 6.07) is 14.5. The van der Waals surface area contributed by atoms with Gasteiger partial charge in [0.15, 0.2) is 0 Å². The molecule has 2 aromatic rings. The lowest BCUT2D eigenvalue weighted by atomic mass is 10.1. The molecular weight excluding hydrogens is 188 g/mol. The summed E-state index contributed by atoms with van der Waals surface area (Å²) in [6.07, 6.45) is 0. The fourth-order valence-electron chi connectivity index (χ4n) is 1.44. The Bertz CT molecular complexity index is 489. The van der Waals surface area contributed by atoms with Gasteiger partial charge in [-0.15, -0.1) is 0 Å². The number of esters is 1. The highest BCUT2D eigenvalue weighted by atomic mass is 16.5. The van der Waals surface area contributed by atoms with Crippen LogP contribution in [0.25, 0.3) is 10.8 Å². The maximum atomic E-state index is 11.4. The fraction of sp³-hybridized carbons (Fsp3) is 0.154. The Hall–Kier alpha value is -1.83. The number of carbonyl (C=O) groups is 1. The number of fused-ring (bicyclic) bond motifs is 1. The zero-order valence-electron chi connectivity index (χ0n) is 8.49. The fourth-order valence-corrected chi connectivity index (χ4v) is 1.44. The molecule has 0 atom stereocenters. The van der Waals surface area contributed by atoms with Crippen LogP contribution in [-0.4, -0.2) is 12.6 Å². The van der Waals surface area contributed by atoms with Gasteiger partial charge in [-0.2, -0.15) is 0 Å². The molecule has 0 unspecified atom stereocenters. The van der Waals surface area contributed by atoms with Gasteiger partial charge in [-0.05, 0) is 23.8 Å². The zero-order chi connectivity index (χ0) is 10.7. The van der Waals surface area contributed by atoms with Crippen molar-refractivity contribution in [2.24, 2.45) is 0 Å². The molecule has 0 N–H and O–H groups in total. The number of rotatable bonds is 2. The van der Waals surface area contributed by atoms with Crippen LogP contribution >= 0.6 is 0 Å². The van der Waals surface area contributed by atoms with E-state index in [-0.39, 0.29) is 5.97 Å². The first kappa shape index (κ1) is 9.71. The molecule has 0 amide bonds. The van der Waals surface area contributed by atoms with E-state index in [0.29, 0.717) is 12.2 Å². The van der Waals surface area contributed by atoms with Crippen molar-refractivity contribution in [2.45, 2.75) is 6.92 Å². The van der Waals surface area contributed by atoms with Crippen LogP contribution in [-0.2, 0) is 4.74 Å². The molecule has 0 spiro atoms. The second kappa shape index (κ2) is 4.13. The van der Waals surface area contributed by atoms with E-state index >= 15 is 0 Å². The van der Waals surface area contributed by atoms with Crippen molar-refractivity contribution >= 4 is 16.7 Å². The van der Waals surface area contributed by atoms with Gasteiger partial charge in [0.2, 0.25) is 0 Å². The molecule has 75 valence electrons. The second-order valence-corrected chi connectivity index (χ2v) is 3.18. The maximum Gasteiger partial charge on any atom is 0.338 e. The van der Waals surface area contributed by atoms with Crippen molar-refractivity contribution in [1.29, 1.82) is 0 Å². The molecule has 0 aliphatic rings. The van der Waals surface area contributed by atoms with Gasteiger partial charge < -0.3 is 4.74 Å². The first-order chi connectivity index (χ1) is 7.31. The van der Waals surface area contributed by atoms with Crippen LogP contribution in [0.4, 0.5) is 0 Å². The van der Waals surface area contributed by atoms with Crippen LogP contribution in [0.5, 0.6) is 0 Å². The van der Waals surface area contributed by atoms with Gasteiger partial charge in [0, 0.05) is 6.07 Å². The molecule has 0 bridgehead atoms. The predicted octanol–water partition coefficient (Wildman–Crippen LogP) is 2.82. The van der Waals surface area contributed by atoms with Gasteiger partial charge in [-0.25, -0.2) is 4.79 Å². The van der Waals surface area contributed by atoms with Gasteiger partial charge in [0.1, 0.15) is 0 Å². The lowest BCUT2D eigenvalue weighted by Gasteiger charge is -2.02. The number of hydrogen-bond acceptors (Lipinski definition) is 2. The number of benzene rings is 2. The molecule has 0 saturated carbocycles. The van der Waals surface area contributed by atoms with E-state index in [0.717, 1.165) is 10.8 Å². The number of hydrogen-bond donors (Lipinski definition) is 0. The Labute approximate surface area is 88.5 Å². The molecule has 0 saturated heterocycles. The number of carbonyl (C=O) groups excluding carboxylic acids is 1. The SMILES string of the molecule is CCOC(=O)c1[c]c2ccccc2cc1. The smallest absolute Gasteiger partial charge is 0.338 e. The minimum atomic E-state index is -0.316. The molecule has 0 fully saturated rings. The van der Waals surface area contributed by atoms with Crippen LogP contribution in [0.2, 0.25) is 0 Å². The van der Waals surface area contributed by atoms with E-state index in [1.165, 1.54) is 0 Å². The van der Waals surface area contributed by atoms with E-state index in [1.54, 1.807) is 13.0 Å². The van der Waals surface area contributed by atoms with Gasteiger partial charge >= 0.3 is 5.97 Å². The van der Waals surface area contributed by atoms with E-state index in [2.05, 4.69) is 6.07 Å². The Morgan fingerprint density at radius 2 is 2.07 bits per heavy atom. The quantitative estimate of drug-likeness (QED) is 0.695. The summed E-state index contributed by atoms with van der Waals surface area (Å²) >= 11 is 0. The molecule has 1 radical (unpaired) electrons. The highest BCUT2D eigenvalue weighted by Gasteiger charge is 2.06. The molecule has 2 nitrogen and oxygen atoms in total. The summed E-state index contributed by atoms with van der Waals surface area (Å²) in [7, 11) is 0. The van der Waals surface area contributed by atoms with E-state index in [4.69, 9.17) is 4.74 Å². The highest BCUT2D eigenvalue weighted by molar-refractivity contribution is 5.94. The average molecular weight is 199 g/mol. The Kier molecular flexibility index (Phi) is 2.68. The topological polar surface area (TPSA) is 26.3 Å². The second-order valence-electron chi connectivity index (χ2n) is 3.18. The van der Waals surface area contributed by atoms with Crippen molar-refractivity contribution < 1.29 is 9.53 Å². The lowest BCUT2D eigenvalue weighted by Crippen LogP contribution is -2.04. The Morgan fingerprint density at radius 3 is 2.87 bits per heavy atom. The number of ether oxygens (including phenoxy) is 1. The standard InChI is InChI=1S/C13H11O2/c1-2-15-13(14)12-8-7-10-5-3-4-6-11(10)9-12/h3-8H,2H2,1H3. The molecule has 0 aliphatic carbocycles. The monoisotopic (exact) mass is 199 g/mol. The molecule has 0 aliphatic heterocycles. The average Bonchev–Trinajstić information content (AvgIpc) is 2.29. The normalized spacial score (nSPS) is 10.2. The highest BCUT2D eigenvalue weighted by Crippen LogP contribution is 2.15. The molecule has 2 aromatic carbocycles. The molecular formula is C13H11O2. The third kappa shape index (κ3) is 1.99. The lowest BCUT2D eigenvalue weighted by molar-refractivity contribution is 0.0526. The minimum Gasteiger partial charge on any atom is -0.462 e. The Morgan fingerprint density at radius 1 is 1.27 bits per heavy atom. The van der Waals surface area contributed by atoms with Crippen molar-refractivity contribution in [1.82, 2.24) is 0 Å². The van der Waals surface area contributed by atoms with E-state index < -0.39 is 0 Å². The first-order valence-corrected chi connectivity index (χ1v) is 4.89. The van der Waals surface area contributed by atoms with Crippen LogP contribution in [0.1, 0.15) is 17.3 Å².